The molecule has 2 N–H and O–H groups in total. The van der Waals surface area contributed by atoms with Crippen LogP contribution < -0.4 is 10.6 Å². The SMILES string of the molecule is C#C[C@@H](C)NC(=O)C1=CC(C)C=C(C(=O)N[C@H](C)C#C)O1. The summed E-state index contributed by atoms with van der Waals surface area (Å²) in [5, 5.41) is 5.14. The molecule has 0 unspecified atom stereocenters. The third-order valence-electron chi connectivity index (χ3n) is 2.69. The predicted octanol–water partition coefficient (Wildman–Crippen LogP) is 0.696. The summed E-state index contributed by atoms with van der Waals surface area (Å²) >= 11 is 0. The second-order valence-electron chi connectivity index (χ2n) is 4.75. The lowest BCUT2D eigenvalue weighted by Crippen LogP contribution is -2.37. The van der Waals surface area contributed by atoms with Gasteiger partial charge in [0, 0.05) is 5.92 Å². The Morgan fingerprint density at radius 1 is 1.10 bits per heavy atom. The molecule has 0 aromatic heterocycles. The third kappa shape index (κ3) is 4.74. The number of allylic oxidation sites excluding steroid dienone is 2. The minimum atomic E-state index is -0.462. The Balaban J connectivity index is 2.77. The van der Waals surface area contributed by atoms with Gasteiger partial charge in [0.15, 0.2) is 11.5 Å². The van der Waals surface area contributed by atoms with E-state index in [-0.39, 0.29) is 17.4 Å². The number of nitrogens with one attached hydrogen (secondary N) is 2. The molecule has 1 aliphatic rings. The van der Waals surface area contributed by atoms with Crippen LogP contribution in [0.2, 0.25) is 0 Å². The van der Waals surface area contributed by atoms with Gasteiger partial charge in [0.2, 0.25) is 0 Å². The molecule has 0 aromatic rings. The Bertz CT molecular complexity index is 525. The summed E-state index contributed by atoms with van der Waals surface area (Å²) in [4.78, 5) is 23.9. The smallest absolute Gasteiger partial charge is 0.287 e. The van der Waals surface area contributed by atoms with Crippen LogP contribution in [0.3, 0.4) is 0 Å². The van der Waals surface area contributed by atoms with Crippen LogP contribution in [0.15, 0.2) is 23.7 Å². The van der Waals surface area contributed by atoms with Gasteiger partial charge in [-0.3, -0.25) is 9.59 Å². The second-order valence-corrected chi connectivity index (χ2v) is 4.75. The topological polar surface area (TPSA) is 67.4 Å². The number of carbonyl (C=O) groups excluding carboxylic acids is 2. The highest BCUT2D eigenvalue weighted by molar-refractivity contribution is 5.96. The van der Waals surface area contributed by atoms with Crippen molar-refractivity contribution < 1.29 is 14.3 Å². The zero-order chi connectivity index (χ0) is 16.0. The lowest BCUT2D eigenvalue weighted by molar-refractivity contribution is -0.123. The van der Waals surface area contributed by atoms with Crippen LogP contribution in [-0.4, -0.2) is 23.9 Å². The molecule has 0 aromatic carbocycles. The molecule has 5 heteroatoms. The molecule has 1 rings (SSSR count). The number of ether oxygens (including phenoxy) is 1. The molecule has 2 atom stereocenters. The van der Waals surface area contributed by atoms with Gasteiger partial charge in [0.1, 0.15) is 0 Å². The molecule has 2 amide bonds. The van der Waals surface area contributed by atoms with Crippen LogP contribution in [0.5, 0.6) is 0 Å². The minimum Gasteiger partial charge on any atom is -0.446 e. The fraction of sp³-hybridized carbons (Fsp3) is 0.375. The highest BCUT2D eigenvalue weighted by atomic mass is 16.5. The monoisotopic (exact) mass is 286 g/mol. The lowest BCUT2D eigenvalue weighted by atomic mass is 10.1. The van der Waals surface area contributed by atoms with Crippen molar-refractivity contribution in [3.05, 3.63) is 23.7 Å². The van der Waals surface area contributed by atoms with Crippen LogP contribution in [0.4, 0.5) is 0 Å². The molecular formula is C16H18N2O3. The van der Waals surface area contributed by atoms with Gasteiger partial charge >= 0.3 is 0 Å². The molecule has 0 bridgehead atoms. The van der Waals surface area contributed by atoms with Crippen LogP contribution in [0.25, 0.3) is 0 Å². The van der Waals surface area contributed by atoms with Crippen LogP contribution >= 0.6 is 0 Å². The Morgan fingerprint density at radius 3 is 1.81 bits per heavy atom. The van der Waals surface area contributed by atoms with Crippen LogP contribution in [0.1, 0.15) is 20.8 Å². The summed E-state index contributed by atoms with van der Waals surface area (Å²) in [5.41, 5.74) is 0. The molecule has 0 fully saturated rings. The van der Waals surface area contributed by atoms with Gasteiger partial charge in [-0.15, -0.1) is 12.8 Å². The standard InChI is InChI=1S/C16H18N2O3/c1-6-11(4)17-15(19)13-8-10(3)9-14(21-13)16(20)18-12(5)7-2/h1-2,8-12H,3-5H3,(H,17,19)(H,18,20)/t11-,12-/m1/s1. The van der Waals surface area contributed by atoms with Crippen molar-refractivity contribution in [3.63, 3.8) is 0 Å². The van der Waals surface area contributed by atoms with E-state index in [0.717, 1.165) is 0 Å². The molecular weight excluding hydrogens is 268 g/mol. The molecule has 0 spiro atoms. The average Bonchev–Trinajstić information content (AvgIpc) is 2.45. The lowest BCUT2D eigenvalue weighted by Gasteiger charge is -2.20. The summed E-state index contributed by atoms with van der Waals surface area (Å²) in [7, 11) is 0. The molecule has 21 heavy (non-hydrogen) atoms. The minimum absolute atomic E-state index is 0.0469. The first-order chi connectivity index (χ1) is 9.87. The van der Waals surface area contributed by atoms with Crippen molar-refractivity contribution in [1.82, 2.24) is 10.6 Å². The molecule has 1 heterocycles. The predicted molar refractivity (Wildman–Crippen MR) is 79.3 cm³/mol. The quantitative estimate of drug-likeness (QED) is 0.747. The Morgan fingerprint density at radius 2 is 1.48 bits per heavy atom. The normalized spacial score (nSPS) is 17.0. The Labute approximate surface area is 124 Å². The molecule has 1 aliphatic heterocycles. The van der Waals surface area contributed by atoms with Crippen molar-refractivity contribution in [2.45, 2.75) is 32.9 Å². The molecule has 0 radical (unpaired) electrons. The first-order valence-corrected chi connectivity index (χ1v) is 6.52. The van der Waals surface area contributed by atoms with Gasteiger partial charge in [0.25, 0.3) is 11.8 Å². The maximum absolute atomic E-state index is 12.0. The molecule has 0 saturated heterocycles. The first-order valence-electron chi connectivity index (χ1n) is 6.52. The first kappa shape index (κ1) is 16.4. The molecule has 0 saturated carbocycles. The van der Waals surface area contributed by atoms with Crippen molar-refractivity contribution >= 4 is 11.8 Å². The van der Waals surface area contributed by atoms with Crippen molar-refractivity contribution in [3.8, 4) is 24.7 Å². The summed E-state index contributed by atoms with van der Waals surface area (Å²) in [6.07, 6.45) is 13.6. The number of carbonyl (C=O) groups is 2. The molecule has 0 aliphatic carbocycles. The van der Waals surface area contributed by atoms with E-state index in [9.17, 15) is 9.59 Å². The summed E-state index contributed by atoms with van der Waals surface area (Å²) in [6, 6.07) is -0.857. The second kappa shape index (κ2) is 7.21. The van der Waals surface area contributed by atoms with E-state index in [1.807, 2.05) is 6.92 Å². The number of hydrogen-bond donors (Lipinski definition) is 2. The number of rotatable bonds is 4. The van der Waals surface area contributed by atoms with Gasteiger partial charge in [-0.05, 0) is 26.0 Å². The van der Waals surface area contributed by atoms with E-state index in [0.29, 0.717) is 0 Å². The van der Waals surface area contributed by atoms with Gasteiger partial charge < -0.3 is 15.4 Å². The number of terminal acetylenes is 2. The molecule has 110 valence electrons. The third-order valence-corrected chi connectivity index (χ3v) is 2.69. The highest BCUT2D eigenvalue weighted by Crippen LogP contribution is 2.20. The van der Waals surface area contributed by atoms with Crippen molar-refractivity contribution in [2.24, 2.45) is 5.92 Å². The Hall–Kier alpha value is -2.66. The molecule has 5 nitrogen and oxygen atoms in total. The number of hydrogen-bond acceptors (Lipinski definition) is 3. The van der Waals surface area contributed by atoms with Crippen molar-refractivity contribution in [1.29, 1.82) is 0 Å². The fourth-order valence-corrected chi connectivity index (χ4v) is 1.58. The van der Waals surface area contributed by atoms with E-state index < -0.39 is 23.9 Å². The van der Waals surface area contributed by atoms with Gasteiger partial charge in [-0.2, -0.15) is 0 Å². The maximum Gasteiger partial charge on any atom is 0.287 e. The fourth-order valence-electron chi connectivity index (χ4n) is 1.58. The van der Waals surface area contributed by atoms with Gasteiger partial charge in [-0.1, -0.05) is 18.8 Å². The van der Waals surface area contributed by atoms with Gasteiger partial charge in [-0.25, -0.2) is 0 Å². The number of amides is 2. The summed E-state index contributed by atoms with van der Waals surface area (Å²) < 4.78 is 5.33. The zero-order valence-electron chi connectivity index (χ0n) is 12.3. The maximum atomic E-state index is 12.0. The van der Waals surface area contributed by atoms with E-state index >= 15 is 0 Å². The summed E-state index contributed by atoms with van der Waals surface area (Å²) in [6.45, 7) is 5.17. The van der Waals surface area contributed by atoms with Crippen LogP contribution in [0, 0.1) is 30.6 Å². The average molecular weight is 286 g/mol. The zero-order valence-corrected chi connectivity index (χ0v) is 12.3. The highest BCUT2D eigenvalue weighted by Gasteiger charge is 2.24. The van der Waals surface area contributed by atoms with E-state index in [1.54, 1.807) is 26.0 Å². The van der Waals surface area contributed by atoms with Gasteiger partial charge in [0.05, 0.1) is 12.1 Å². The largest absolute Gasteiger partial charge is 0.446 e. The van der Waals surface area contributed by atoms with Crippen molar-refractivity contribution in [2.75, 3.05) is 0 Å². The van der Waals surface area contributed by atoms with Crippen LogP contribution in [-0.2, 0) is 14.3 Å². The van der Waals surface area contributed by atoms with E-state index in [1.165, 1.54) is 0 Å². The van der Waals surface area contributed by atoms with E-state index in [4.69, 9.17) is 17.6 Å². The van der Waals surface area contributed by atoms with E-state index in [2.05, 4.69) is 22.5 Å². The summed E-state index contributed by atoms with van der Waals surface area (Å²) in [5.74, 6) is 3.81. The Kier molecular flexibility index (Phi) is 5.63.